The first-order valence-electron chi connectivity index (χ1n) is 10.6. The van der Waals surface area contributed by atoms with Crippen molar-refractivity contribution in [2.75, 3.05) is 32.8 Å². The number of alkyl carbamates (subject to hydrolysis) is 1. The Labute approximate surface area is 193 Å². The fourth-order valence-electron chi connectivity index (χ4n) is 2.81. The van der Waals surface area contributed by atoms with Crippen LogP contribution in [0.4, 0.5) is 4.79 Å². The molecule has 1 unspecified atom stereocenters. The molecule has 0 aromatic heterocycles. The van der Waals surface area contributed by atoms with E-state index in [4.69, 9.17) is 14.5 Å². The van der Waals surface area contributed by atoms with Gasteiger partial charge in [-0.3, -0.25) is 4.99 Å². The third-order valence-corrected chi connectivity index (χ3v) is 4.24. The maximum absolute atomic E-state index is 12.0. The molecule has 0 fully saturated rings. The number of nitrogens with one attached hydrogen (secondary N) is 3. The molecule has 8 heteroatoms. The van der Waals surface area contributed by atoms with Crippen LogP contribution in [0, 0.1) is 0 Å². The van der Waals surface area contributed by atoms with Gasteiger partial charge in [0.05, 0.1) is 13.2 Å². The zero-order chi connectivity index (χ0) is 20.8. The SMILES string of the molecule is CCCCC(CNC(=O)OC(C)(C)C)NC(=NCCC1=CCOCC1)NCC.I. The van der Waals surface area contributed by atoms with Gasteiger partial charge in [0.15, 0.2) is 5.96 Å². The quantitative estimate of drug-likeness (QED) is 0.174. The van der Waals surface area contributed by atoms with E-state index in [1.54, 1.807) is 0 Å². The molecule has 7 nitrogen and oxygen atoms in total. The summed E-state index contributed by atoms with van der Waals surface area (Å²) < 4.78 is 10.7. The Bertz CT molecular complexity index is 519. The molecule has 0 aliphatic carbocycles. The van der Waals surface area contributed by atoms with Gasteiger partial charge in [-0.1, -0.05) is 31.4 Å². The number of halogens is 1. The van der Waals surface area contributed by atoms with Crippen LogP contribution < -0.4 is 16.0 Å². The number of hydrogen-bond donors (Lipinski definition) is 3. The standard InChI is InChI=1S/C21H40N4O3.HI/c1-6-8-9-18(16-24-20(26)28-21(3,4)5)25-19(22-7-2)23-13-10-17-11-14-27-15-12-17;/h11,18H,6-10,12-16H2,1-5H3,(H,24,26)(H2,22,23,25);1H. The maximum atomic E-state index is 12.0. The number of hydrogen-bond acceptors (Lipinski definition) is 4. The van der Waals surface area contributed by atoms with Crippen LogP contribution in [0.5, 0.6) is 0 Å². The normalized spacial score (nSPS) is 15.6. The molecule has 0 aromatic rings. The molecule has 0 bridgehead atoms. The van der Waals surface area contributed by atoms with E-state index in [1.807, 2.05) is 20.8 Å². The smallest absolute Gasteiger partial charge is 0.407 e. The molecule has 0 spiro atoms. The number of rotatable bonds is 10. The molecular weight excluding hydrogens is 483 g/mol. The fraction of sp³-hybridized carbons (Fsp3) is 0.810. The first-order chi connectivity index (χ1) is 13.3. The van der Waals surface area contributed by atoms with E-state index in [9.17, 15) is 4.79 Å². The van der Waals surface area contributed by atoms with Crippen molar-refractivity contribution in [3.63, 3.8) is 0 Å². The van der Waals surface area contributed by atoms with Crippen molar-refractivity contribution in [2.45, 2.75) is 78.4 Å². The Morgan fingerprint density at radius 3 is 2.66 bits per heavy atom. The van der Waals surface area contributed by atoms with Gasteiger partial charge in [0, 0.05) is 25.7 Å². The van der Waals surface area contributed by atoms with Gasteiger partial charge in [0.2, 0.25) is 0 Å². The number of ether oxygens (including phenoxy) is 2. The van der Waals surface area contributed by atoms with Crippen LogP contribution in [-0.2, 0) is 9.47 Å². The van der Waals surface area contributed by atoms with Crippen molar-refractivity contribution in [1.29, 1.82) is 0 Å². The maximum Gasteiger partial charge on any atom is 0.407 e. The summed E-state index contributed by atoms with van der Waals surface area (Å²) in [5.74, 6) is 0.794. The summed E-state index contributed by atoms with van der Waals surface area (Å²) in [6.45, 7) is 13.4. The molecular formula is C21H41IN4O3. The highest BCUT2D eigenvalue weighted by Crippen LogP contribution is 2.11. The highest BCUT2D eigenvalue weighted by molar-refractivity contribution is 14.0. The van der Waals surface area contributed by atoms with Gasteiger partial charge in [-0.25, -0.2) is 4.79 Å². The highest BCUT2D eigenvalue weighted by Gasteiger charge is 2.18. The molecule has 1 aliphatic heterocycles. The fourth-order valence-corrected chi connectivity index (χ4v) is 2.81. The number of carbonyl (C=O) groups is 1. The van der Waals surface area contributed by atoms with Gasteiger partial charge in [0.25, 0.3) is 0 Å². The van der Waals surface area contributed by atoms with E-state index in [2.05, 4.69) is 35.9 Å². The summed E-state index contributed by atoms with van der Waals surface area (Å²) in [4.78, 5) is 16.7. The Kier molecular flexibility index (Phi) is 15.2. The zero-order valence-corrected chi connectivity index (χ0v) is 21.1. The van der Waals surface area contributed by atoms with Gasteiger partial charge in [-0.15, -0.1) is 24.0 Å². The van der Waals surface area contributed by atoms with Crippen LogP contribution in [0.15, 0.2) is 16.6 Å². The van der Waals surface area contributed by atoms with Crippen molar-refractivity contribution in [3.05, 3.63) is 11.6 Å². The summed E-state index contributed by atoms with van der Waals surface area (Å²) in [5, 5.41) is 9.65. The number of guanidine groups is 1. The molecule has 0 aromatic carbocycles. The molecule has 29 heavy (non-hydrogen) atoms. The lowest BCUT2D eigenvalue weighted by atomic mass is 10.1. The summed E-state index contributed by atoms with van der Waals surface area (Å²) in [7, 11) is 0. The molecule has 1 rings (SSSR count). The van der Waals surface area contributed by atoms with Crippen LogP contribution in [0.3, 0.4) is 0 Å². The van der Waals surface area contributed by atoms with Gasteiger partial charge in [-0.2, -0.15) is 0 Å². The van der Waals surface area contributed by atoms with Crippen LogP contribution in [0.2, 0.25) is 0 Å². The molecule has 0 saturated heterocycles. The van der Waals surface area contributed by atoms with Crippen LogP contribution in [0.1, 0.15) is 66.7 Å². The average Bonchev–Trinajstić information content (AvgIpc) is 2.63. The van der Waals surface area contributed by atoms with Crippen molar-refractivity contribution in [2.24, 2.45) is 4.99 Å². The van der Waals surface area contributed by atoms with Crippen LogP contribution >= 0.6 is 24.0 Å². The minimum absolute atomic E-state index is 0. The molecule has 0 saturated carbocycles. The zero-order valence-electron chi connectivity index (χ0n) is 18.8. The summed E-state index contributed by atoms with van der Waals surface area (Å²) in [5.41, 5.74) is 0.922. The summed E-state index contributed by atoms with van der Waals surface area (Å²) >= 11 is 0. The Hall–Kier alpha value is -1.03. The van der Waals surface area contributed by atoms with E-state index >= 15 is 0 Å². The summed E-state index contributed by atoms with van der Waals surface area (Å²) in [6, 6.07) is 0.104. The number of nitrogens with zero attached hydrogens (tertiary/aromatic N) is 1. The minimum atomic E-state index is -0.494. The van der Waals surface area contributed by atoms with Gasteiger partial charge in [0.1, 0.15) is 5.60 Å². The monoisotopic (exact) mass is 524 g/mol. The van der Waals surface area contributed by atoms with Gasteiger partial charge >= 0.3 is 6.09 Å². The summed E-state index contributed by atoms with van der Waals surface area (Å²) in [6.07, 6.45) is 6.87. The number of amides is 1. The second kappa shape index (κ2) is 15.8. The number of aliphatic imine (C=N–C) groups is 1. The van der Waals surface area contributed by atoms with Crippen molar-refractivity contribution < 1.29 is 14.3 Å². The third-order valence-electron chi connectivity index (χ3n) is 4.24. The van der Waals surface area contributed by atoms with Gasteiger partial charge < -0.3 is 25.4 Å². The van der Waals surface area contributed by atoms with E-state index in [0.717, 1.165) is 57.8 Å². The molecule has 1 aliphatic rings. The number of carbonyl (C=O) groups excluding carboxylic acids is 1. The first kappa shape index (κ1) is 28.0. The lowest BCUT2D eigenvalue weighted by molar-refractivity contribution is 0.0522. The van der Waals surface area contributed by atoms with E-state index < -0.39 is 5.60 Å². The molecule has 0 radical (unpaired) electrons. The van der Waals surface area contributed by atoms with Crippen LogP contribution in [-0.4, -0.2) is 56.5 Å². The predicted molar refractivity (Wildman–Crippen MR) is 130 cm³/mol. The first-order valence-corrected chi connectivity index (χ1v) is 10.6. The second-order valence-corrected chi connectivity index (χ2v) is 8.06. The van der Waals surface area contributed by atoms with Crippen molar-refractivity contribution in [1.82, 2.24) is 16.0 Å². The van der Waals surface area contributed by atoms with Gasteiger partial charge in [-0.05, 0) is 47.0 Å². The Balaban J connectivity index is 0.00000784. The van der Waals surface area contributed by atoms with Crippen molar-refractivity contribution >= 4 is 36.0 Å². The number of unbranched alkanes of at least 4 members (excludes halogenated alkanes) is 1. The van der Waals surface area contributed by atoms with E-state index in [-0.39, 0.29) is 36.1 Å². The highest BCUT2D eigenvalue weighted by atomic mass is 127. The Morgan fingerprint density at radius 1 is 1.31 bits per heavy atom. The van der Waals surface area contributed by atoms with E-state index in [1.165, 1.54) is 5.57 Å². The lowest BCUT2D eigenvalue weighted by Gasteiger charge is -2.24. The second-order valence-electron chi connectivity index (χ2n) is 8.06. The van der Waals surface area contributed by atoms with E-state index in [0.29, 0.717) is 13.2 Å². The van der Waals surface area contributed by atoms with Crippen LogP contribution in [0.25, 0.3) is 0 Å². The minimum Gasteiger partial charge on any atom is -0.444 e. The largest absolute Gasteiger partial charge is 0.444 e. The average molecular weight is 524 g/mol. The topological polar surface area (TPSA) is 84.0 Å². The molecule has 1 atom stereocenters. The molecule has 170 valence electrons. The van der Waals surface area contributed by atoms with Crippen molar-refractivity contribution in [3.8, 4) is 0 Å². The molecule has 1 heterocycles. The Morgan fingerprint density at radius 2 is 2.07 bits per heavy atom. The predicted octanol–water partition coefficient (Wildman–Crippen LogP) is 3.98. The molecule has 1 amide bonds. The molecule has 3 N–H and O–H groups in total. The lowest BCUT2D eigenvalue weighted by Crippen LogP contribution is -2.49. The third kappa shape index (κ3) is 14.6.